The number of rotatable bonds is 3. The molecule has 3 nitrogen and oxygen atoms in total. The molecule has 0 saturated carbocycles. The molecule has 0 bridgehead atoms. The molecule has 0 amide bonds. The van der Waals surface area contributed by atoms with Crippen LogP contribution in [0.2, 0.25) is 0 Å². The summed E-state index contributed by atoms with van der Waals surface area (Å²) in [7, 11) is 2.06. The van der Waals surface area contributed by atoms with Crippen LogP contribution in [-0.4, -0.2) is 21.3 Å². The average Bonchev–Trinajstić information content (AvgIpc) is 2.66. The second-order valence-corrected chi connectivity index (χ2v) is 5.93. The molecule has 0 unspecified atom stereocenters. The molecular formula is C15H22N2O. The summed E-state index contributed by atoms with van der Waals surface area (Å²) in [5, 5.41) is 9.44. The number of hydrogen-bond donors (Lipinski definition) is 1. The summed E-state index contributed by atoms with van der Waals surface area (Å²) in [6, 6.07) is 6.28. The highest BCUT2D eigenvalue weighted by atomic mass is 16.3. The van der Waals surface area contributed by atoms with E-state index in [1.165, 1.54) is 0 Å². The van der Waals surface area contributed by atoms with Crippen molar-refractivity contribution in [2.75, 3.05) is 6.61 Å². The minimum absolute atomic E-state index is 0.141. The quantitative estimate of drug-likeness (QED) is 0.904. The van der Waals surface area contributed by atoms with Gasteiger partial charge in [0.1, 0.15) is 5.82 Å². The van der Waals surface area contributed by atoms with Crippen LogP contribution in [0, 0.1) is 0 Å². The van der Waals surface area contributed by atoms with Crippen LogP contribution in [0.3, 0.4) is 0 Å². The Hall–Kier alpha value is -1.35. The molecule has 0 fully saturated rings. The minimum atomic E-state index is -0.219. The van der Waals surface area contributed by atoms with E-state index >= 15 is 0 Å². The van der Waals surface area contributed by atoms with Gasteiger partial charge in [-0.25, -0.2) is 4.98 Å². The van der Waals surface area contributed by atoms with Crippen molar-refractivity contribution < 1.29 is 5.11 Å². The van der Waals surface area contributed by atoms with E-state index in [1.807, 2.05) is 13.8 Å². The molecule has 0 aliphatic rings. The zero-order chi connectivity index (χ0) is 13.5. The zero-order valence-electron chi connectivity index (χ0n) is 11.9. The molecular weight excluding hydrogens is 224 g/mol. The van der Waals surface area contributed by atoms with Crippen LogP contribution >= 0.6 is 0 Å². The Balaban J connectivity index is 2.60. The van der Waals surface area contributed by atoms with Gasteiger partial charge in [0.25, 0.3) is 0 Å². The fourth-order valence-corrected chi connectivity index (χ4v) is 2.25. The number of aliphatic hydroxyl groups is 1. The molecule has 0 spiro atoms. The number of aliphatic hydroxyl groups excluding tert-OH is 1. The van der Waals surface area contributed by atoms with Crippen molar-refractivity contribution in [1.82, 2.24) is 9.55 Å². The Morgan fingerprint density at radius 3 is 2.56 bits per heavy atom. The van der Waals surface area contributed by atoms with Gasteiger partial charge in [-0.15, -0.1) is 0 Å². The Bertz CT molecular complexity index is 567. The van der Waals surface area contributed by atoms with Gasteiger partial charge in [-0.2, -0.15) is 0 Å². The van der Waals surface area contributed by atoms with Gasteiger partial charge < -0.3 is 9.67 Å². The van der Waals surface area contributed by atoms with Crippen molar-refractivity contribution in [2.24, 2.45) is 7.05 Å². The standard InChI is InChI=1S/C15H22N2O/c1-10(2)14-16-12-8-11(15(3,4)9-18)6-7-13(12)17(14)5/h6-8,10,18H,9H2,1-5H3. The minimum Gasteiger partial charge on any atom is -0.395 e. The predicted molar refractivity (Wildman–Crippen MR) is 74.9 cm³/mol. The van der Waals surface area contributed by atoms with Crippen LogP contribution in [0.25, 0.3) is 11.0 Å². The third kappa shape index (κ3) is 2.03. The van der Waals surface area contributed by atoms with E-state index in [9.17, 15) is 5.11 Å². The molecule has 1 aromatic carbocycles. The van der Waals surface area contributed by atoms with Gasteiger partial charge in [0, 0.05) is 18.4 Å². The molecule has 3 heteroatoms. The van der Waals surface area contributed by atoms with Gasteiger partial charge in [-0.3, -0.25) is 0 Å². The number of nitrogens with zero attached hydrogens (tertiary/aromatic N) is 2. The SMILES string of the molecule is CC(C)c1nc2cc(C(C)(C)CO)ccc2n1C. The lowest BCUT2D eigenvalue weighted by Crippen LogP contribution is -2.21. The van der Waals surface area contributed by atoms with Gasteiger partial charge in [-0.1, -0.05) is 33.8 Å². The van der Waals surface area contributed by atoms with E-state index in [1.54, 1.807) is 0 Å². The number of aryl methyl sites for hydroxylation is 1. The largest absolute Gasteiger partial charge is 0.395 e. The third-order valence-corrected chi connectivity index (χ3v) is 3.61. The lowest BCUT2D eigenvalue weighted by molar-refractivity contribution is 0.218. The number of imidazole rings is 1. The molecule has 0 saturated heterocycles. The molecule has 1 aromatic heterocycles. The normalized spacial score (nSPS) is 12.6. The van der Waals surface area contributed by atoms with Crippen molar-refractivity contribution >= 4 is 11.0 Å². The number of aromatic nitrogens is 2. The fraction of sp³-hybridized carbons (Fsp3) is 0.533. The molecule has 1 heterocycles. The van der Waals surface area contributed by atoms with Crippen LogP contribution in [-0.2, 0) is 12.5 Å². The Kier molecular flexibility index (Phi) is 3.20. The molecule has 2 rings (SSSR count). The zero-order valence-corrected chi connectivity index (χ0v) is 11.9. The fourth-order valence-electron chi connectivity index (χ4n) is 2.25. The summed E-state index contributed by atoms with van der Waals surface area (Å²) in [6.45, 7) is 8.53. The Labute approximate surface area is 108 Å². The number of fused-ring (bicyclic) bond motifs is 1. The monoisotopic (exact) mass is 246 g/mol. The molecule has 98 valence electrons. The highest BCUT2D eigenvalue weighted by Gasteiger charge is 2.21. The highest BCUT2D eigenvalue weighted by molar-refractivity contribution is 5.77. The summed E-state index contributed by atoms with van der Waals surface area (Å²) in [4.78, 5) is 4.70. The lowest BCUT2D eigenvalue weighted by Gasteiger charge is -2.22. The van der Waals surface area contributed by atoms with E-state index in [-0.39, 0.29) is 12.0 Å². The van der Waals surface area contributed by atoms with E-state index < -0.39 is 0 Å². The van der Waals surface area contributed by atoms with Crippen molar-refractivity contribution in [3.8, 4) is 0 Å². The molecule has 2 aromatic rings. The molecule has 0 radical (unpaired) electrons. The number of hydrogen-bond acceptors (Lipinski definition) is 2. The average molecular weight is 246 g/mol. The van der Waals surface area contributed by atoms with E-state index in [4.69, 9.17) is 4.98 Å². The van der Waals surface area contributed by atoms with Crippen molar-refractivity contribution in [3.05, 3.63) is 29.6 Å². The summed E-state index contributed by atoms with van der Waals surface area (Å²) in [6.07, 6.45) is 0. The maximum Gasteiger partial charge on any atom is 0.112 e. The summed E-state index contributed by atoms with van der Waals surface area (Å²) in [5.74, 6) is 1.51. The molecule has 1 N–H and O–H groups in total. The topological polar surface area (TPSA) is 38.1 Å². The lowest BCUT2D eigenvalue weighted by atomic mass is 9.85. The first kappa shape index (κ1) is 13.1. The molecule has 18 heavy (non-hydrogen) atoms. The maximum atomic E-state index is 9.44. The second-order valence-electron chi connectivity index (χ2n) is 5.93. The van der Waals surface area contributed by atoms with Crippen LogP contribution in [0.5, 0.6) is 0 Å². The first-order chi connectivity index (χ1) is 8.36. The summed E-state index contributed by atoms with van der Waals surface area (Å²) < 4.78 is 2.15. The smallest absolute Gasteiger partial charge is 0.112 e. The summed E-state index contributed by atoms with van der Waals surface area (Å²) >= 11 is 0. The van der Waals surface area contributed by atoms with Gasteiger partial charge >= 0.3 is 0 Å². The van der Waals surface area contributed by atoms with Gasteiger partial charge in [0.2, 0.25) is 0 Å². The molecule has 0 atom stereocenters. The number of benzene rings is 1. The third-order valence-electron chi connectivity index (χ3n) is 3.61. The van der Waals surface area contributed by atoms with Gasteiger partial charge in [-0.05, 0) is 17.7 Å². The van der Waals surface area contributed by atoms with Gasteiger partial charge in [0.05, 0.1) is 17.6 Å². The van der Waals surface area contributed by atoms with Gasteiger partial charge in [0.15, 0.2) is 0 Å². The molecule has 0 aliphatic heterocycles. The van der Waals surface area contributed by atoms with Crippen molar-refractivity contribution in [1.29, 1.82) is 0 Å². The first-order valence-corrected chi connectivity index (χ1v) is 6.44. The van der Waals surface area contributed by atoms with Crippen LogP contribution < -0.4 is 0 Å². The van der Waals surface area contributed by atoms with E-state index in [0.717, 1.165) is 22.4 Å². The summed E-state index contributed by atoms with van der Waals surface area (Å²) in [5.41, 5.74) is 3.08. The predicted octanol–water partition coefficient (Wildman–Crippen LogP) is 2.97. The Morgan fingerprint density at radius 1 is 1.33 bits per heavy atom. The van der Waals surface area contributed by atoms with Crippen molar-refractivity contribution in [3.63, 3.8) is 0 Å². The van der Waals surface area contributed by atoms with E-state index in [2.05, 4.69) is 43.7 Å². The maximum absolute atomic E-state index is 9.44. The van der Waals surface area contributed by atoms with Crippen molar-refractivity contribution in [2.45, 2.75) is 39.0 Å². The van der Waals surface area contributed by atoms with Crippen LogP contribution in [0.1, 0.15) is 45.0 Å². The Morgan fingerprint density at radius 2 is 2.00 bits per heavy atom. The first-order valence-electron chi connectivity index (χ1n) is 6.44. The van der Waals surface area contributed by atoms with E-state index in [0.29, 0.717) is 5.92 Å². The van der Waals surface area contributed by atoms with Crippen LogP contribution in [0.15, 0.2) is 18.2 Å². The highest BCUT2D eigenvalue weighted by Crippen LogP contribution is 2.27. The second kappa shape index (κ2) is 4.39. The molecule has 0 aliphatic carbocycles. The van der Waals surface area contributed by atoms with Crippen LogP contribution in [0.4, 0.5) is 0 Å².